The Hall–Kier alpha value is -7.92. The van der Waals surface area contributed by atoms with Gasteiger partial charge >= 0.3 is 37.9 Å². The van der Waals surface area contributed by atoms with Gasteiger partial charge in [-0.25, -0.2) is 0 Å². The number of hydrogen-bond donors (Lipinski definition) is 0. The van der Waals surface area contributed by atoms with Crippen LogP contribution in [0.25, 0.3) is 67.4 Å². The molecule has 0 aromatic heterocycles. The molecule has 4 aliphatic rings. The molecule has 0 heterocycles. The molecule has 0 bridgehead atoms. The van der Waals surface area contributed by atoms with E-state index in [0.717, 1.165) is 95.5 Å². The van der Waals surface area contributed by atoms with Crippen LogP contribution in [0.15, 0.2) is 243 Å². The third kappa shape index (κ3) is 18.3. The van der Waals surface area contributed by atoms with Crippen molar-refractivity contribution in [3.8, 4) is 23.0 Å². The molecule has 0 fully saturated rings. The molecule has 4 unspecified atom stereocenters. The van der Waals surface area contributed by atoms with Crippen LogP contribution >= 0.6 is 17.0 Å². The van der Waals surface area contributed by atoms with Crippen molar-refractivity contribution in [1.29, 1.82) is 0 Å². The van der Waals surface area contributed by atoms with Crippen LogP contribution in [0.1, 0.15) is 196 Å². The molecule has 636 valence electrons. The standard InChI is InChI=1S/2C55H63O2Si3.2ClH.Zr/c2*1-10-59(11-2,12-3)56-42-32-30-40-22-20-28-44(50(40)36-42)46-24-16-18-26-48-52(46)34-38(7)54(48)58(9)55-39(8)35-53-47(25-17-19-27-49(53)55)45-29-21-23-41-31-33-43(37-51(41)45)57-60(13-4,14-5)15-6;;;/h2*16-37,46-47H,10-15H2,1-9H3;2*1H;/q2*-2;;;+2/p-2. The first-order valence-electron chi connectivity index (χ1n) is 45.8. The Morgan fingerprint density at radius 2 is 0.472 bits per heavy atom. The molecular formula is C110H126Cl2O4Si6Zr-4. The quantitative estimate of drug-likeness (QED) is 0.0362. The van der Waals surface area contributed by atoms with Crippen LogP contribution in [-0.4, -0.2) is 50.9 Å². The van der Waals surface area contributed by atoms with Crippen molar-refractivity contribution >= 4 is 156 Å². The van der Waals surface area contributed by atoms with Gasteiger partial charge in [-0.15, -0.1) is 91.6 Å². The average molecular weight is 1840 g/mol. The van der Waals surface area contributed by atoms with Gasteiger partial charge in [0.15, 0.2) is 0 Å². The van der Waals surface area contributed by atoms with Gasteiger partial charge in [0.05, 0.1) is 0 Å². The first kappa shape index (κ1) is 91.3. The van der Waals surface area contributed by atoms with Gasteiger partial charge in [0.2, 0.25) is 33.3 Å². The first-order valence-corrected chi connectivity index (χ1v) is 66.2. The van der Waals surface area contributed by atoms with Gasteiger partial charge in [0.25, 0.3) is 0 Å². The third-order valence-corrected chi connectivity index (χ3v) is 52.7. The van der Waals surface area contributed by atoms with Crippen molar-refractivity contribution in [2.24, 2.45) is 0 Å². The number of fused-ring (bicyclic) bond motifs is 8. The van der Waals surface area contributed by atoms with Gasteiger partial charge in [0, 0.05) is 17.6 Å². The summed E-state index contributed by atoms with van der Waals surface area (Å²) in [6, 6.07) is 78.2. The Labute approximate surface area is 762 Å². The second kappa shape index (κ2) is 40.0. The molecule has 0 spiro atoms. The van der Waals surface area contributed by atoms with E-state index < -0.39 is 71.7 Å². The van der Waals surface area contributed by atoms with Crippen molar-refractivity contribution in [2.45, 2.75) is 220 Å². The summed E-state index contributed by atoms with van der Waals surface area (Å²) in [6.07, 6.45) is 37.4. The Bertz CT molecular complexity index is 5290. The van der Waals surface area contributed by atoms with Gasteiger partial charge < -0.3 is 17.7 Å². The number of halogens is 2. The molecule has 0 saturated heterocycles. The summed E-state index contributed by atoms with van der Waals surface area (Å²) >= 11 is -0.826. The van der Waals surface area contributed by atoms with E-state index in [1.807, 2.05) is 0 Å². The van der Waals surface area contributed by atoms with Crippen molar-refractivity contribution in [3.63, 3.8) is 0 Å². The van der Waals surface area contributed by atoms with E-state index in [4.69, 9.17) is 34.7 Å². The van der Waals surface area contributed by atoms with Gasteiger partial charge in [-0.2, -0.15) is 68.8 Å². The zero-order valence-electron chi connectivity index (χ0n) is 76.1. The number of hydrogen-bond acceptors (Lipinski definition) is 4. The van der Waals surface area contributed by atoms with Gasteiger partial charge in [-0.1, -0.05) is 270 Å². The monoisotopic (exact) mass is 1840 g/mol. The molecule has 13 heteroatoms. The zero-order chi connectivity index (χ0) is 87.1. The van der Waals surface area contributed by atoms with Crippen LogP contribution in [0.3, 0.4) is 0 Å². The number of aryl methyl sites for hydroxylation is 4. The summed E-state index contributed by atoms with van der Waals surface area (Å²) in [7, 11) is 0.245. The van der Waals surface area contributed by atoms with Crippen molar-refractivity contribution in [2.75, 3.05) is 0 Å². The van der Waals surface area contributed by atoms with E-state index in [9.17, 15) is 0 Å². The van der Waals surface area contributed by atoms with Gasteiger partial charge in [0.1, 0.15) is 23.0 Å². The Balaban J connectivity index is 0.000000194. The van der Waals surface area contributed by atoms with E-state index in [2.05, 4.69) is 391 Å². The third-order valence-electron chi connectivity index (χ3n) is 28.9. The van der Waals surface area contributed by atoms with Crippen molar-refractivity contribution in [1.82, 2.24) is 0 Å². The number of rotatable bonds is 28. The summed E-state index contributed by atoms with van der Waals surface area (Å²) in [6.45, 7) is 42.2. The van der Waals surface area contributed by atoms with Gasteiger partial charge in [-0.05, 0) is 210 Å². The molecule has 12 aromatic carbocycles. The normalized spacial score (nSPS) is 16.1. The molecule has 0 amide bonds. The summed E-state index contributed by atoms with van der Waals surface area (Å²) < 4.78 is 27.8. The number of allylic oxidation sites excluding steroid dienone is 12. The van der Waals surface area contributed by atoms with Crippen LogP contribution in [0.2, 0.25) is 85.6 Å². The topological polar surface area (TPSA) is 36.9 Å². The van der Waals surface area contributed by atoms with Crippen LogP contribution in [0.4, 0.5) is 0 Å². The first-order chi connectivity index (χ1) is 59.7. The fourth-order valence-electron chi connectivity index (χ4n) is 21.1. The molecule has 4 atom stereocenters. The maximum absolute atomic E-state index is 6.95. The van der Waals surface area contributed by atoms with Crippen LogP contribution < -0.4 is 38.5 Å². The Morgan fingerprint density at radius 3 is 0.659 bits per heavy atom. The van der Waals surface area contributed by atoms with E-state index in [1.165, 1.54) is 153 Å². The van der Waals surface area contributed by atoms with Crippen LogP contribution in [0.5, 0.6) is 23.0 Å². The zero-order valence-corrected chi connectivity index (χ0v) is 86.1. The molecule has 16 rings (SSSR count). The minimum absolute atomic E-state index is 0.146. The van der Waals surface area contributed by atoms with Gasteiger partial charge in [-0.3, -0.25) is 0 Å². The average Bonchev–Trinajstić information content (AvgIpc) is 1.59. The molecule has 0 saturated carbocycles. The summed E-state index contributed by atoms with van der Waals surface area (Å²) in [5, 5.41) is 16.4. The SMILES string of the molecule is CC[Si](CC)(CC)Oc1ccc2cccc(C3C=CC=Cc4c3cc(C)[c-]4[Si](C)[c-]3c(C)cc4c3C=CC=CC4c3cccc4ccc(O[Si](CC)(CC)CC)cc34)c2c1.CC[Si](CC)(CC)Oc1ccc2cccc(C3C=CC=Cc4c3cc(C)[c-]4[Si](C)[c-]3c(C)cc4c3C=CC=CC4c3cccc4ccc(O[Si](CC)(CC)CC)cc34)c2c1.[Cl][Zr][Cl]. The molecule has 123 heavy (non-hydrogen) atoms. The molecule has 0 aliphatic heterocycles. The predicted octanol–water partition coefficient (Wildman–Crippen LogP) is 30.3. The fraction of sp³-hybridized carbons (Fsp3) is 0.309. The van der Waals surface area contributed by atoms with E-state index in [0.29, 0.717) is 0 Å². The Morgan fingerprint density at radius 1 is 0.276 bits per heavy atom. The summed E-state index contributed by atoms with van der Waals surface area (Å²) in [4.78, 5) is 0. The van der Waals surface area contributed by atoms with Crippen LogP contribution in [0, 0.1) is 27.7 Å². The fourth-order valence-corrected chi connectivity index (χ4v) is 37.0. The number of benzene rings is 8. The predicted molar refractivity (Wildman–Crippen MR) is 548 cm³/mol. The molecule has 2 radical (unpaired) electrons. The maximum atomic E-state index is 6.95. The molecule has 12 aromatic rings. The second-order valence-corrected chi connectivity index (χ2v) is 61.8. The summed E-state index contributed by atoms with van der Waals surface area (Å²) in [5.74, 6) is 4.70. The van der Waals surface area contributed by atoms with Crippen molar-refractivity contribution < 1.29 is 38.6 Å². The molecule has 4 nitrogen and oxygen atoms in total. The van der Waals surface area contributed by atoms with Crippen molar-refractivity contribution in [3.05, 3.63) is 332 Å². The van der Waals surface area contributed by atoms with E-state index in [1.54, 1.807) is 0 Å². The van der Waals surface area contributed by atoms with E-state index in [-0.39, 0.29) is 23.7 Å². The molecule has 4 aliphatic carbocycles. The van der Waals surface area contributed by atoms with E-state index >= 15 is 0 Å². The molecular weight excluding hydrogens is 1720 g/mol. The van der Waals surface area contributed by atoms with Crippen LogP contribution in [-0.2, 0) is 20.8 Å². The minimum atomic E-state index is -1.81. The Kier molecular flexibility index (Phi) is 29.7. The molecule has 0 N–H and O–H groups in total. The second-order valence-electron chi connectivity index (χ2n) is 34.8. The summed E-state index contributed by atoms with van der Waals surface area (Å²) in [5.41, 5.74) is 22.3.